The van der Waals surface area contributed by atoms with Crippen LogP contribution in [0.4, 0.5) is 0 Å². The second-order valence-corrected chi connectivity index (χ2v) is 5.80. The van der Waals surface area contributed by atoms with Crippen LogP contribution >= 0.6 is 0 Å². The summed E-state index contributed by atoms with van der Waals surface area (Å²) in [6.07, 6.45) is -0.723. The first-order valence-corrected chi connectivity index (χ1v) is 7.90. The number of carbonyl (C=O) groups excluding carboxylic acids is 2. The third kappa shape index (κ3) is 3.46. The largest absolute Gasteiger partial charge is 0.356 e. The fraction of sp³-hybridized carbons (Fsp3) is 0.263. The molecule has 1 aliphatic rings. The van der Waals surface area contributed by atoms with Crippen molar-refractivity contribution < 1.29 is 14.3 Å². The van der Waals surface area contributed by atoms with Gasteiger partial charge in [-0.3, -0.25) is 9.59 Å². The molecule has 0 radical (unpaired) electrons. The van der Waals surface area contributed by atoms with Crippen LogP contribution in [0.5, 0.6) is 0 Å². The van der Waals surface area contributed by atoms with Gasteiger partial charge in [0.15, 0.2) is 6.10 Å². The Morgan fingerprint density at radius 3 is 2.42 bits per heavy atom. The Morgan fingerprint density at radius 2 is 1.75 bits per heavy atom. The number of benzene rings is 2. The van der Waals surface area contributed by atoms with Crippen LogP contribution in [0.1, 0.15) is 17.2 Å². The molecule has 3 rings (SSSR count). The van der Waals surface area contributed by atoms with Crippen LogP contribution in [0.3, 0.4) is 0 Å². The number of rotatable bonds is 4. The summed E-state index contributed by atoms with van der Waals surface area (Å²) in [5, 5.41) is 2.90. The number of morpholine rings is 1. The summed E-state index contributed by atoms with van der Waals surface area (Å²) in [4.78, 5) is 26.2. The van der Waals surface area contributed by atoms with E-state index >= 15 is 0 Å². The smallest absolute Gasteiger partial charge is 0.251 e. The maximum Gasteiger partial charge on any atom is 0.251 e. The topological polar surface area (TPSA) is 58.6 Å². The Balaban J connectivity index is 1.76. The minimum Gasteiger partial charge on any atom is -0.356 e. The fourth-order valence-corrected chi connectivity index (χ4v) is 2.87. The van der Waals surface area contributed by atoms with Crippen molar-refractivity contribution in [2.45, 2.75) is 18.7 Å². The lowest BCUT2D eigenvalue weighted by Gasteiger charge is -2.38. The molecule has 1 saturated heterocycles. The van der Waals surface area contributed by atoms with Gasteiger partial charge in [-0.05, 0) is 11.1 Å². The number of nitrogens with one attached hydrogen (secondary N) is 1. The monoisotopic (exact) mass is 324 g/mol. The molecular formula is C19H20N2O3. The minimum absolute atomic E-state index is 0.0801. The number of carbonyl (C=O) groups is 2. The van der Waals surface area contributed by atoms with Gasteiger partial charge in [-0.2, -0.15) is 0 Å². The van der Waals surface area contributed by atoms with Gasteiger partial charge < -0.3 is 15.0 Å². The van der Waals surface area contributed by atoms with Crippen LogP contribution in [0.15, 0.2) is 60.7 Å². The Labute approximate surface area is 141 Å². The molecule has 5 heteroatoms. The molecule has 5 nitrogen and oxygen atoms in total. The third-order valence-corrected chi connectivity index (χ3v) is 4.19. The highest BCUT2D eigenvalue weighted by molar-refractivity contribution is 5.86. The van der Waals surface area contributed by atoms with Gasteiger partial charge in [-0.15, -0.1) is 0 Å². The highest BCUT2D eigenvalue weighted by atomic mass is 16.5. The van der Waals surface area contributed by atoms with Crippen LogP contribution in [0.2, 0.25) is 0 Å². The van der Waals surface area contributed by atoms with Gasteiger partial charge >= 0.3 is 0 Å². The van der Waals surface area contributed by atoms with Gasteiger partial charge in [0.1, 0.15) is 6.61 Å². The molecule has 0 aliphatic carbocycles. The lowest BCUT2D eigenvalue weighted by atomic mass is 9.97. The van der Waals surface area contributed by atoms with Crippen LogP contribution < -0.4 is 5.32 Å². The Kier molecular flexibility index (Phi) is 4.91. The summed E-state index contributed by atoms with van der Waals surface area (Å²) in [7, 11) is 1.71. The number of hydrogen-bond acceptors (Lipinski definition) is 3. The van der Waals surface area contributed by atoms with Crippen molar-refractivity contribution in [1.29, 1.82) is 0 Å². The van der Waals surface area contributed by atoms with E-state index < -0.39 is 12.1 Å². The van der Waals surface area contributed by atoms with Gasteiger partial charge in [0, 0.05) is 13.6 Å². The van der Waals surface area contributed by atoms with E-state index in [-0.39, 0.29) is 18.4 Å². The maximum absolute atomic E-state index is 12.6. The molecule has 1 aliphatic heterocycles. The van der Waals surface area contributed by atoms with E-state index in [4.69, 9.17) is 4.74 Å². The molecule has 0 spiro atoms. The second-order valence-electron chi connectivity index (χ2n) is 5.80. The number of likely N-dealkylation sites (N-methyl/N-ethyl adjacent to an activating group) is 1. The number of hydrogen-bond donors (Lipinski definition) is 1. The zero-order chi connectivity index (χ0) is 16.9. The SMILES string of the molecule is CN1C(=O)CO[C@@H](C(=O)NCc2ccccc2)[C@@H]1c1ccccc1. The van der Waals surface area contributed by atoms with E-state index in [1.165, 1.54) is 0 Å². The van der Waals surface area contributed by atoms with Crippen LogP contribution in [0, 0.1) is 0 Å². The first kappa shape index (κ1) is 16.2. The molecule has 0 unspecified atom stereocenters. The maximum atomic E-state index is 12.6. The molecule has 2 aromatic carbocycles. The Hall–Kier alpha value is -2.66. The molecule has 124 valence electrons. The average molecular weight is 324 g/mol. The molecule has 2 amide bonds. The predicted molar refractivity (Wildman–Crippen MR) is 90.0 cm³/mol. The summed E-state index contributed by atoms with van der Waals surface area (Å²) < 4.78 is 5.57. The molecule has 2 atom stereocenters. The highest BCUT2D eigenvalue weighted by Gasteiger charge is 2.39. The second kappa shape index (κ2) is 7.27. The summed E-state index contributed by atoms with van der Waals surface area (Å²) in [6.45, 7) is 0.349. The lowest BCUT2D eigenvalue weighted by molar-refractivity contribution is -0.162. The van der Waals surface area contributed by atoms with Gasteiger partial charge in [0.25, 0.3) is 5.91 Å². The van der Waals surface area contributed by atoms with Crippen molar-refractivity contribution in [3.63, 3.8) is 0 Å². The zero-order valence-electron chi connectivity index (χ0n) is 13.5. The average Bonchev–Trinajstić information content (AvgIpc) is 2.63. The van der Waals surface area contributed by atoms with Gasteiger partial charge in [0.05, 0.1) is 6.04 Å². The van der Waals surface area contributed by atoms with Crippen molar-refractivity contribution in [1.82, 2.24) is 10.2 Å². The third-order valence-electron chi connectivity index (χ3n) is 4.19. The van der Waals surface area contributed by atoms with Gasteiger partial charge in [-0.25, -0.2) is 0 Å². The first-order chi connectivity index (χ1) is 11.7. The zero-order valence-corrected chi connectivity index (χ0v) is 13.5. The van der Waals surface area contributed by atoms with Crippen LogP contribution in [-0.4, -0.2) is 36.5 Å². The molecule has 0 bridgehead atoms. The number of ether oxygens (including phenoxy) is 1. The van der Waals surface area contributed by atoms with E-state index in [9.17, 15) is 9.59 Å². The predicted octanol–water partition coefficient (Wildman–Crippen LogP) is 1.90. The molecule has 1 fully saturated rings. The standard InChI is InChI=1S/C19H20N2O3/c1-21-16(22)13-24-18(17(21)15-10-6-3-7-11-15)19(23)20-12-14-8-4-2-5-9-14/h2-11,17-18H,12-13H2,1H3,(H,20,23)/t17-,18+/m0/s1. The summed E-state index contributed by atoms with van der Waals surface area (Å²) in [5.41, 5.74) is 1.90. The van der Waals surface area contributed by atoms with Crippen molar-refractivity contribution in [2.24, 2.45) is 0 Å². The molecule has 24 heavy (non-hydrogen) atoms. The van der Waals surface area contributed by atoms with Gasteiger partial charge in [-0.1, -0.05) is 60.7 Å². The first-order valence-electron chi connectivity index (χ1n) is 7.90. The van der Waals surface area contributed by atoms with E-state index in [1.807, 2.05) is 60.7 Å². The number of nitrogens with zero attached hydrogens (tertiary/aromatic N) is 1. The molecule has 0 saturated carbocycles. The molecule has 2 aromatic rings. The van der Waals surface area contributed by atoms with E-state index in [1.54, 1.807) is 11.9 Å². The van der Waals surface area contributed by atoms with E-state index in [0.29, 0.717) is 6.54 Å². The summed E-state index contributed by atoms with van der Waals surface area (Å²) in [6, 6.07) is 18.8. The minimum atomic E-state index is -0.723. The van der Waals surface area contributed by atoms with Crippen LogP contribution in [-0.2, 0) is 20.9 Å². The van der Waals surface area contributed by atoms with Crippen molar-refractivity contribution in [3.05, 3.63) is 71.8 Å². The molecular weight excluding hydrogens is 304 g/mol. The Morgan fingerprint density at radius 1 is 1.12 bits per heavy atom. The van der Waals surface area contributed by atoms with Gasteiger partial charge in [0.2, 0.25) is 5.91 Å². The molecule has 1 N–H and O–H groups in total. The highest BCUT2D eigenvalue weighted by Crippen LogP contribution is 2.29. The van der Waals surface area contributed by atoms with E-state index in [2.05, 4.69) is 5.32 Å². The van der Waals surface area contributed by atoms with Crippen molar-refractivity contribution in [2.75, 3.05) is 13.7 Å². The van der Waals surface area contributed by atoms with Crippen molar-refractivity contribution in [3.8, 4) is 0 Å². The summed E-state index contributed by atoms with van der Waals surface area (Å²) >= 11 is 0. The van der Waals surface area contributed by atoms with Crippen molar-refractivity contribution >= 4 is 11.8 Å². The molecule has 1 heterocycles. The summed E-state index contributed by atoms with van der Waals surface area (Å²) in [5.74, 6) is -0.344. The quantitative estimate of drug-likeness (QED) is 0.934. The van der Waals surface area contributed by atoms with E-state index in [0.717, 1.165) is 11.1 Å². The Bertz CT molecular complexity index is 703. The normalized spacial score (nSPS) is 20.7. The fourth-order valence-electron chi connectivity index (χ4n) is 2.87. The van der Waals surface area contributed by atoms with Crippen LogP contribution in [0.25, 0.3) is 0 Å². The lowest BCUT2D eigenvalue weighted by Crippen LogP contribution is -2.52. The molecule has 0 aromatic heterocycles. The number of amides is 2.